The van der Waals surface area contributed by atoms with Crippen LogP contribution in [0.25, 0.3) is 10.8 Å². The van der Waals surface area contributed by atoms with Gasteiger partial charge in [-0.1, -0.05) is 24.3 Å². The number of halogens is 1. The molecule has 3 rings (SSSR count). The van der Waals surface area contributed by atoms with Gasteiger partial charge in [-0.2, -0.15) is 0 Å². The van der Waals surface area contributed by atoms with Crippen LogP contribution in [0.15, 0.2) is 57.6 Å². The smallest absolute Gasteiger partial charge is 0.294 e. The van der Waals surface area contributed by atoms with E-state index in [1.54, 1.807) is 29.2 Å². The maximum Gasteiger partial charge on any atom is 0.294 e. The van der Waals surface area contributed by atoms with Crippen LogP contribution in [-0.4, -0.2) is 17.1 Å². The van der Waals surface area contributed by atoms with Crippen molar-refractivity contribution in [2.24, 2.45) is 0 Å². The van der Waals surface area contributed by atoms with Crippen molar-refractivity contribution in [1.82, 2.24) is 0 Å². The number of furan rings is 1. The molecule has 1 amide bonds. The van der Waals surface area contributed by atoms with Gasteiger partial charge in [0.15, 0.2) is 10.4 Å². The number of benzene rings is 2. The Kier molecular flexibility index (Phi) is 4.13. The average Bonchev–Trinajstić information content (AvgIpc) is 2.94. The van der Waals surface area contributed by atoms with Crippen LogP contribution in [0.4, 0.5) is 5.69 Å². The van der Waals surface area contributed by atoms with Gasteiger partial charge in [0.2, 0.25) is 0 Å². The molecule has 4 nitrogen and oxygen atoms in total. The molecule has 0 spiro atoms. The topological polar surface area (TPSA) is 53.7 Å². The van der Waals surface area contributed by atoms with Gasteiger partial charge in [0, 0.05) is 16.8 Å². The summed E-state index contributed by atoms with van der Waals surface area (Å²) in [6.07, 6.45) is 0. The van der Waals surface area contributed by atoms with E-state index in [0.29, 0.717) is 10.1 Å². The van der Waals surface area contributed by atoms with Gasteiger partial charge in [-0.05, 0) is 54.0 Å². The normalized spacial score (nSPS) is 11.1. The Morgan fingerprint density at radius 2 is 1.78 bits per heavy atom. The van der Waals surface area contributed by atoms with Crippen molar-refractivity contribution in [1.29, 1.82) is 0 Å². The van der Waals surface area contributed by atoms with Crippen LogP contribution in [0.1, 0.15) is 24.4 Å². The van der Waals surface area contributed by atoms with E-state index in [2.05, 4.69) is 15.9 Å². The lowest BCUT2D eigenvalue weighted by Crippen LogP contribution is -2.37. The Bertz CT molecular complexity index is 870. The molecule has 23 heavy (non-hydrogen) atoms. The number of nitrogens with zero attached hydrogens (tertiary/aromatic N) is 1. The van der Waals surface area contributed by atoms with Crippen molar-refractivity contribution in [2.75, 3.05) is 4.90 Å². The number of amides is 1. The highest BCUT2D eigenvalue weighted by Crippen LogP contribution is 2.34. The summed E-state index contributed by atoms with van der Waals surface area (Å²) < 4.78 is 5.92. The lowest BCUT2D eigenvalue weighted by Gasteiger charge is -2.27. The van der Waals surface area contributed by atoms with Crippen LogP contribution in [-0.2, 0) is 0 Å². The SMILES string of the molecule is CC(C)N(C(=O)c1ccc(Br)o1)c1cccc2c(O)cccc12. The van der Waals surface area contributed by atoms with E-state index in [0.717, 1.165) is 11.1 Å². The van der Waals surface area contributed by atoms with Gasteiger partial charge in [-0.25, -0.2) is 0 Å². The highest BCUT2D eigenvalue weighted by molar-refractivity contribution is 9.10. The molecule has 0 saturated carbocycles. The van der Waals surface area contributed by atoms with Crippen LogP contribution in [0.2, 0.25) is 0 Å². The molecular weight excluding hydrogens is 358 g/mol. The van der Waals surface area contributed by atoms with Gasteiger partial charge in [0.05, 0.1) is 5.69 Å². The zero-order valence-corrected chi connectivity index (χ0v) is 14.4. The number of fused-ring (bicyclic) bond motifs is 1. The van der Waals surface area contributed by atoms with E-state index in [1.807, 2.05) is 38.1 Å². The third kappa shape index (κ3) is 2.84. The molecule has 0 aliphatic carbocycles. The van der Waals surface area contributed by atoms with Crippen LogP contribution in [0.3, 0.4) is 0 Å². The van der Waals surface area contributed by atoms with Gasteiger partial charge < -0.3 is 14.4 Å². The minimum absolute atomic E-state index is 0.0701. The predicted octanol–water partition coefficient (Wildman–Crippen LogP) is 4.96. The Labute approximate surface area is 142 Å². The summed E-state index contributed by atoms with van der Waals surface area (Å²) in [6, 6.07) is 14.1. The van der Waals surface area contributed by atoms with E-state index in [4.69, 9.17) is 4.42 Å². The zero-order valence-electron chi connectivity index (χ0n) is 12.8. The summed E-state index contributed by atoms with van der Waals surface area (Å²) in [7, 11) is 0. The van der Waals surface area contributed by atoms with Gasteiger partial charge in [0.1, 0.15) is 5.75 Å². The largest absolute Gasteiger partial charge is 0.507 e. The first-order valence-corrected chi connectivity index (χ1v) is 8.08. The molecule has 0 saturated heterocycles. The third-order valence-electron chi connectivity index (χ3n) is 3.65. The Morgan fingerprint density at radius 3 is 2.43 bits per heavy atom. The summed E-state index contributed by atoms with van der Waals surface area (Å²) in [6.45, 7) is 3.88. The third-order valence-corrected chi connectivity index (χ3v) is 4.08. The summed E-state index contributed by atoms with van der Waals surface area (Å²) in [5, 5.41) is 11.6. The fourth-order valence-electron chi connectivity index (χ4n) is 2.66. The molecule has 0 fully saturated rings. The summed E-state index contributed by atoms with van der Waals surface area (Å²) in [5.74, 6) is 0.241. The Morgan fingerprint density at radius 1 is 1.09 bits per heavy atom. The first-order valence-electron chi connectivity index (χ1n) is 7.28. The molecule has 5 heteroatoms. The predicted molar refractivity (Wildman–Crippen MR) is 94.0 cm³/mol. The second-order valence-electron chi connectivity index (χ2n) is 5.52. The van der Waals surface area contributed by atoms with Crippen LogP contribution >= 0.6 is 15.9 Å². The van der Waals surface area contributed by atoms with Gasteiger partial charge >= 0.3 is 0 Å². The molecule has 1 N–H and O–H groups in total. The lowest BCUT2D eigenvalue weighted by molar-refractivity contribution is 0.0952. The quantitative estimate of drug-likeness (QED) is 0.705. The number of phenols is 1. The number of hydrogen-bond donors (Lipinski definition) is 1. The van der Waals surface area contributed by atoms with E-state index < -0.39 is 0 Å². The Hall–Kier alpha value is -2.27. The molecule has 0 radical (unpaired) electrons. The number of rotatable bonds is 3. The molecule has 0 atom stereocenters. The van der Waals surface area contributed by atoms with Crippen molar-refractivity contribution in [3.8, 4) is 5.75 Å². The first-order chi connectivity index (χ1) is 11.0. The van der Waals surface area contributed by atoms with Gasteiger partial charge in [-0.15, -0.1) is 0 Å². The van der Waals surface area contributed by atoms with E-state index in [1.165, 1.54) is 0 Å². The maximum atomic E-state index is 12.9. The summed E-state index contributed by atoms with van der Waals surface area (Å²) >= 11 is 3.22. The molecule has 1 aromatic heterocycles. The van der Waals surface area contributed by atoms with Crippen LogP contribution < -0.4 is 4.90 Å². The van der Waals surface area contributed by atoms with Crippen molar-refractivity contribution in [3.05, 3.63) is 59.0 Å². The van der Waals surface area contributed by atoms with Crippen LogP contribution in [0.5, 0.6) is 5.75 Å². The Balaban J connectivity index is 2.16. The molecule has 118 valence electrons. The lowest BCUT2D eigenvalue weighted by atomic mass is 10.1. The number of carbonyl (C=O) groups is 1. The van der Waals surface area contributed by atoms with Crippen molar-refractivity contribution in [3.63, 3.8) is 0 Å². The molecule has 2 aromatic carbocycles. The van der Waals surface area contributed by atoms with E-state index in [-0.39, 0.29) is 23.5 Å². The van der Waals surface area contributed by atoms with Crippen LogP contribution in [0, 0.1) is 0 Å². The highest BCUT2D eigenvalue weighted by atomic mass is 79.9. The fourth-order valence-corrected chi connectivity index (χ4v) is 2.96. The fraction of sp³-hybridized carbons (Fsp3) is 0.167. The average molecular weight is 374 g/mol. The van der Waals surface area contributed by atoms with Crippen molar-refractivity contribution >= 4 is 38.3 Å². The van der Waals surface area contributed by atoms with Crippen molar-refractivity contribution in [2.45, 2.75) is 19.9 Å². The molecule has 0 aliphatic rings. The first kappa shape index (κ1) is 15.6. The second-order valence-corrected chi connectivity index (χ2v) is 6.30. The van der Waals surface area contributed by atoms with Crippen molar-refractivity contribution < 1.29 is 14.3 Å². The standard InChI is InChI=1S/C18H16BrNO3/c1-11(2)20(18(22)16-9-10-17(19)23-16)14-7-3-6-13-12(14)5-4-8-15(13)21/h3-11,21H,1-2H3. The van der Waals surface area contributed by atoms with E-state index >= 15 is 0 Å². The maximum absolute atomic E-state index is 12.9. The minimum Gasteiger partial charge on any atom is -0.507 e. The zero-order chi connectivity index (χ0) is 16.6. The highest BCUT2D eigenvalue weighted by Gasteiger charge is 2.25. The van der Waals surface area contributed by atoms with E-state index in [9.17, 15) is 9.90 Å². The molecule has 0 unspecified atom stereocenters. The summed E-state index contributed by atoms with van der Waals surface area (Å²) in [5.41, 5.74) is 0.742. The molecule has 0 aliphatic heterocycles. The monoisotopic (exact) mass is 373 g/mol. The molecule has 1 heterocycles. The number of carbonyl (C=O) groups excluding carboxylic acids is 1. The van der Waals surface area contributed by atoms with Gasteiger partial charge in [-0.3, -0.25) is 4.79 Å². The molecular formula is C18H16BrNO3. The minimum atomic E-state index is -0.221. The molecule has 3 aromatic rings. The second kappa shape index (κ2) is 6.08. The number of phenolic OH excluding ortho intramolecular Hbond substituents is 1. The number of anilines is 1. The number of aromatic hydroxyl groups is 1. The molecule has 0 bridgehead atoms. The van der Waals surface area contributed by atoms with Gasteiger partial charge in [0.25, 0.3) is 5.91 Å². The number of hydrogen-bond acceptors (Lipinski definition) is 3. The summed E-state index contributed by atoms with van der Waals surface area (Å²) in [4.78, 5) is 14.6.